The molecule has 0 radical (unpaired) electrons. The third-order valence-electron chi connectivity index (χ3n) is 5.51. The molecule has 0 unspecified atom stereocenters. The van der Waals surface area contributed by atoms with Crippen LogP contribution in [0.2, 0.25) is 0 Å². The van der Waals surface area contributed by atoms with Crippen LogP contribution < -0.4 is 10.6 Å². The molecule has 30 heavy (non-hydrogen) atoms. The van der Waals surface area contributed by atoms with Crippen LogP contribution in [0.25, 0.3) is 0 Å². The van der Waals surface area contributed by atoms with Gasteiger partial charge in [0.25, 0.3) is 0 Å². The van der Waals surface area contributed by atoms with Crippen molar-refractivity contribution in [3.63, 3.8) is 0 Å². The Morgan fingerprint density at radius 2 is 1.67 bits per heavy atom. The molecule has 2 N–H and O–H groups in total. The monoisotopic (exact) mass is 417 g/mol. The molecular formula is C24H43N5O. The number of aliphatic imine (C=N–C) groups is 1. The summed E-state index contributed by atoms with van der Waals surface area (Å²) in [6.45, 7) is 19.5. The van der Waals surface area contributed by atoms with Crippen LogP contribution >= 0.6 is 0 Å². The molecule has 0 aliphatic carbocycles. The SMILES string of the molecule is CCNC(=NCc1ccc(CN2CCOCC2)cc1)NCCCN(C(C)C)C(C)C. The Morgan fingerprint density at radius 1 is 1.03 bits per heavy atom. The van der Waals surface area contributed by atoms with Crippen LogP contribution in [0, 0.1) is 0 Å². The van der Waals surface area contributed by atoms with Gasteiger partial charge in [0, 0.05) is 51.4 Å². The lowest BCUT2D eigenvalue weighted by atomic mass is 10.1. The molecule has 1 aromatic carbocycles. The summed E-state index contributed by atoms with van der Waals surface area (Å²) >= 11 is 0. The minimum absolute atomic E-state index is 0.582. The highest BCUT2D eigenvalue weighted by Crippen LogP contribution is 2.10. The number of rotatable bonds is 11. The third kappa shape index (κ3) is 9.02. The summed E-state index contributed by atoms with van der Waals surface area (Å²) in [7, 11) is 0. The molecule has 0 amide bonds. The number of hydrogen-bond donors (Lipinski definition) is 2. The molecule has 1 heterocycles. The zero-order chi connectivity index (χ0) is 21.8. The fourth-order valence-electron chi connectivity index (χ4n) is 3.86. The van der Waals surface area contributed by atoms with Gasteiger partial charge in [-0.2, -0.15) is 0 Å². The van der Waals surface area contributed by atoms with Crippen molar-refractivity contribution in [2.24, 2.45) is 4.99 Å². The Bertz CT molecular complexity index is 601. The summed E-state index contributed by atoms with van der Waals surface area (Å²) in [6, 6.07) is 10.0. The summed E-state index contributed by atoms with van der Waals surface area (Å²) in [5.41, 5.74) is 2.60. The molecule has 1 saturated heterocycles. The second kappa shape index (κ2) is 13.6. The Hall–Kier alpha value is -1.63. The van der Waals surface area contributed by atoms with Crippen molar-refractivity contribution < 1.29 is 4.74 Å². The molecule has 1 aliphatic rings. The van der Waals surface area contributed by atoms with Gasteiger partial charge in [-0.1, -0.05) is 24.3 Å². The fraction of sp³-hybridized carbons (Fsp3) is 0.708. The molecule has 0 bridgehead atoms. The van der Waals surface area contributed by atoms with Crippen molar-refractivity contribution in [2.45, 2.75) is 66.2 Å². The smallest absolute Gasteiger partial charge is 0.191 e. The number of nitrogens with zero attached hydrogens (tertiary/aromatic N) is 3. The minimum atomic E-state index is 0.582. The first-order valence-electron chi connectivity index (χ1n) is 11.7. The largest absolute Gasteiger partial charge is 0.379 e. The van der Waals surface area contributed by atoms with Crippen molar-refractivity contribution in [1.82, 2.24) is 20.4 Å². The molecule has 0 aromatic heterocycles. The van der Waals surface area contributed by atoms with E-state index in [1.807, 2.05) is 0 Å². The van der Waals surface area contributed by atoms with Crippen molar-refractivity contribution >= 4 is 5.96 Å². The van der Waals surface area contributed by atoms with Crippen molar-refractivity contribution in [3.8, 4) is 0 Å². The second-order valence-corrected chi connectivity index (χ2v) is 8.61. The van der Waals surface area contributed by atoms with E-state index in [0.29, 0.717) is 18.6 Å². The average molecular weight is 418 g/mol. The van der Waals surface area contributed by atoms with Crippen molar-refractivity contribution in [3.05, 3.63) is 35.4 Å². The summed E-state index contributed by atoms with van der Waals surface area (Å²) < 4.78 is 5.43. The first-order chi connectivity index (χ1) is 14.5. The summed E-state index contributed by atoms with van der Waals surface area (Å²) in [5, 5.41) is 6.84. The van der Waals surface area contributed by atoms with E-state index in [-0.39, 0.29) is 0 Å². The predicted octanol–water partition coefficient (Wildman–Crippen LogP) is 3.08. The number of benzene rings is 1. The van der Waals surface area contributed by atoms with Gasteiger partial charge in [0.2, 0.25) is 0 Å². The van der Waals surface area contributed by atoms with Crippen LogP contribution in [-0.4, -0.2) is 73.8 Å². The van der Waals surface area contributed by atoms with Crippen LogP contribution in [0.15, 0.2) is 29.3 Å². The Balaban J connectivity index is 1.78. The normalized spacial score (nSPS) is 15.9. The quantitative estimate of drug-likeness (QED) is 0.329. The Kier molecular flexibility index (Phi) is 11.2. The zero-order valence-electron chi connectivity index (χ0n) is 19.8. The van der Waals surface area contributed by atoms with Crippen LogP contribution in [0.1, 0.15) is 52.2 Å². The first-order valence-corrected chi connectivity index (χ1v) is 11.7. The van der Waals surface area contributed by atoms with E-state index in [2.05, 4.69) is 79.3 Å². The average Bonchev–Trinajstić information content (AvgIpc) is 2.73. The van der Waals surface area contributed by atoms with E-state index in [4.69, 9.17) is 9.73 Å². The van der Waals surface area contributed by atoms with Crippen LogP contribution in [0.3, 0.4) is 0 Å². The maximum Gasteiger partial charge on any atom is 0.191 e. The molecule has 6 heteroatoms. The molecule has 0 saturated carbocycles. The van der Waals surface area contributed by atoms with E-state index in [0.717, 1.165) is 64.9 Å². The first kappa shape index (κ1) is 24.6. The summed E-state index contributed by atoms with van der Waals surface area (Å²) in [4.78, 5) is 9.75. The van der Waals surface area contributed by atoms with Gasteiger partial charge < -0.3 is 15.4 Å². The highest BCUT2D eigenvalue weighted by molar-refractivity contribution is 5.79. The number of nitrogens with one attached hydrogen (secondary N) is 2. The van der Waals surface area contributed by atoms with Gasteiger partial charge in [-0.05, 0) is 52.2 Å². The Labute approximate surface area is 184 Å². The van der Waals surface area contributed by atoms with E-state index >= 15 is 0 Å². The van der Waals surface area contributed by atoms with Crippen LogP contribution in [-0.2, 0) is 17.8 Å². The van der Waals surface area contributed by atoms with Gasteiger partial charge in [0.1, 0.15) is 0 Å². The van der Waals surface area contributed by atoms with E-state index in [1.165, 1.54) is 11.1 Å². The van der Waals surface area contributed by atoms with Gasteiger partial charge in [0.15, 0.2) is 5.96 Å². The molecule has 0 spiro atoms. The van der Waals surface area contributed by atoms with E-state index in [9.17, 15) is 0 Å². The standard InChI is InChI=1S/C24H43N5O/c1-6-25-24(26-12-7-13-29(20(2)3)21(4)5)27-18-22-8-10-23(11-9-22)19-28-14-16-30-17-15-28/h8-11,20-21H,6-7,12-19H2,1-5H3,(H2,25,26,27). The zero-order valence-corrected chi connectivity index (χ0v) is 19.8. The highest BCUT2D eigenvalue weighted by atomic mass is 16.5. The van der Waals surface area contributed by atoms with Crippen molar-refractivity contribution in [2.75, 3.05) is 45.9 Å². The maximum absolute atomic E-state index is 5.43. The van der Waals surface area contributed by atoms with Gasteiger partial charge in [-0.3, -0.25) is 9.80 Å². The van der Waals surface area contributed by atoms with Gasteiger partial charge in [0.05, 0.1) is 19.8 Å². The van der Waals surface area contributed by atoms with Crippen LogP contribution in [0.4, 0.5) is 0 Å². The molecule has 6 nitrogen and oxygen atoms in total. The van der Waals surface area contributed by atoms with Crippen LogP contribution in [0.5, 0.6) is 0 Å². The lowest BCUT2D eigenvalue weighted by molar-refractivity contribution is 0.0342. The fourth-order valence-corrected chi connectivity index (χ4v) is 3.86. The third-order valence-corrected chi connectivity index (χ3v) is 5.51. The second-order valence-electron chi connectivity index (χ2n) is 8.61. The molecule has 1 aliphatic heterocycles. The molecule has 1 aromatic rings. The van der Waals surface area contributed by atoms with E-state index < -0.39 is 0 Å². The number of ether oxygens (including phenoxy) is 1. The summed E-state index contributed by atoms with van der Waals surface area (Å²) in [6.07, 6.45) is 1.11. The van der Waals surface area contributed by atoms with Crippen molar-refractivity contribution in [1.29, 1.82) is 0 Å². The van der Waals surface area contributed by atoms with E-state index in [1.54, 1.807) is 0 Å². The molecule has 1 fully saturated rings. The molecular weight excluding hydrogens is 374 g/mol. The van der Waals surface area contributed by atoms with Gasteiger partial charge >= 0.3 is 0 Å². The number of hydrogen-bond acceptors (Lipinski definition) is 4. The lowest BCUT2D eigenvalue weighted by Crippen LogP contribution is -2.41. The maximum atomic E-state index is 5.43. The minimum Gasteiger partial charge on any atom is -0.379 e. The predicted molar refractivity (Wildman–Crippen MR) is 127 cm³/mol. The molecule has 2 rings (SSSR count). The number of morpholine rings is 1. The lowest BCUT2D eigenvalue weighted by Gasteiger charge is -2.30. The topological polar surface area (TPSA) is 52.1 Å². The summed E-state index contributed by atoms with van der Waals surface area (Å²) in [5.74, 6) is 0.899. The van der Waals surface area contributed by atoms with Gasteiger partial charge in [-0.25, -0.2) is 4.99 Å². The Morgan fingerprint density at radius 3 is 2.27 bits per heavy atom. The molecule has 0 atom stereocenters. The number of guanidine groups is 1. The highest BCUT2D eigenvalue weighted by Gasteiger charge is 2.12. The molecule has 170 valence electrons. The van der Waals surface area contributed by atoms with Gasteiger partial charge in [-0.15, -0.1) is 0 Å².